The Kier molecular flexibility index (Phi) is 4.55. The molecule has 1 atom stereocenters. The van der Waals surface area contributed by atoms with E-state index in [0.29, 0.717) is 23.5 Å². The molecule has 0 aromatic heterocycles. The van der Waals surface area contributed by atoms with Crippen molar-refractivity contribution in [2.45, 2.75) is 26.4 Å². The van der Waals surface area contributed by atoms with Crippen molar-refractivity contribution >= 4 is 5.69 Å². The zero-order chi connectivity index (χ0) is 15.4. The molecule has 110 valence electrons. The lowest BCUT2D eigenvalue weighted by Gasteiger charge is -2.11. The van der Waals surface area contributed by atoms with Gasteiger partial charge in [-0.05, 0) is 42.7 Å². The normalized spacial score (nSPS) is 12.0. The van der Waals surface area contributed by atoms with Gasteiger partial charge in [0.25, 0.3) is 5.69 Å². The molecule has 2 aromatic rings. The molecule has 5 nitrogen and oxygen atoms in total. The highest BCUT2D eigenvalue weighted by atomic mass is 16.6. The van der Waals surface area contributed by atoms with E-state index in [9.17, 15) is 15.2 Å². The Bertz CT molecular complexity index is 637. The van der Waals surface area contributed by atoms with Crippen LogP contribution in [0.3, 0.4) is 0 Å². The largest absolute Gasteiger partial charge is 0.457 e. The number of benzene rings is 2. The molecule has 0 bridgehead atoms. The minimum atomic E-state index is -0.472. The van der Waals surface area contributed by atoms with Crippen molar-refractivity contribution in [3.63, 3.8) is 0 Å². The number of hydrogen-bond acceptors (Lipinski definition) is 4. The number of nitrogens with zero attached hydrogens (tertiary/aromatic N) is 1. The van der Waals surface area contributed by atoms with E-state index < -0.39 is 11.0 Å². The molecule has 0 amide bonds. The second-order valence-corrected chi connectivity index (χ2v) is 4.80. The highest BCUT2D eigenvalue weighted by Gasteiger charge is 2.10. The molecule has 5 heteroatoms. The molecule has 0 aliphatic carbocycles. The van der Waals surface area contributed by atoms with Crippen LogP contribution in [0.15, 0.2) is 42.5 Å². The van der Waals surface area contributed by atoms with E-state index in [1.165, 1.54) is 12.1 Å². The van der Waals surface area contributed by atoms with Crippen LogP contribution in [-0.4, -0.2) is 10.0 Å². The molecule has 0 aliphatic rings. The predicted octanol–water partition coefficient (Wildman–Crippen LogP) is 4.14. The maximum absolute atomic E-state index is 10.7. The Morgan fingerprint density at radius 2 is 1.90 bits per heavy atom. The van der Waals surface area contributed by atoms with E-state index in [1.807, 2.05) is 19.1 Å². The molecule has 0 radical (unpaired) electrons. The van der Waals surface area contributed by atoms with Gasteiger partial charge in [-0.2, -0.15) is 0 Å². The lowest BCUT2D eigenvalue weighted by Crippen LogP contribution is -1.95. The van der Waals surface area contributed by atoms with Crippen LogP contribution in [0.1, 0.15) is 30.6 Å². The maximum atomic E-state index is 10.7. The lowest BCUT2D eigenvalue weighted by molar-refractivity contribution is -0.384. The minimum Gasteiger partial charge on any atom is -0.457 e. The third kappa shape index (κ3) is 3.58. The second-order valence-electron chi connectivity index (χ2n) is 4.80. The Morgan fingerprint density at radius 3 is 2.43 bits per heavy atom. The van der Waals surface area contributed by atoms with Gasteiger partial charge in [0, 0.05) is 12.1 Å². The SMILES string of the molecule is CC[C@H](O)c1ccc(Oc2ccc([N+](=O)[O-])cc2C)cc1. The van der Waals surface area contributed by atoms with Gasteiger partial charge in [-0.15, -0.1) is 0 Å². The quantitative estimate of drug-likeness (QED) is 0.662. The summed E-state index contributed by atoms with van der Waals surface area (Å²) in [6.07, 6.45) is 0.182. The van der Waals surface area contributed by atoms with Crippen molar-refractivity contribution in [1.82, 2.24) is 0 Å². The van der Waals surface area contributed by atoms with Crippen LogP contribution in [0.4, 0.5) is 5.69 Å². The molecule has 2 rings (SSSR count). The fourth-order valence-corrected chi connectivity index (χ4v) is 1.98. The number of rotatable bonds is 5. The van der Waals surface area contributed by atoms with Crippen LogP contribution >= 0.6 is 0 Å². The Hall–Kier alpha value is -2.40. The van der Waals surface area contributed by atoms with E-state index in [1.54, 1.807) is 25.1 Å². The maximum Gasteiger partial charge on any atom is 0.269 e. The summed E-state index contributed by atoms with van der Waals surface area (Å²) in [5, 5.41) is 20.4. The first-order valence-corrected chi connectivity index (χ1v) is 6.72. The summed E-state index contributed by atoms with van der Waals surface area (Å²) < 4.78 is 5.71. The first-order valence-electron chi connectivity index (χ1n) is 6.72. The van der Waals surface area contributed by atoms with Crippen molar-refractivity contribution in [2.75, 3.05) is 0 Å². The monoisotopic (exact) mass is 287 g/mol. The van der Waals surface area contributed by atoms with E-state index in [-0.39, 0.29) is 5.69 Å². The van der Waals surface area contributed by atoms with Gasteiger partial charge in [-0.25, -0.2) is 0 Å². The summed E-state index contributed by atoms with van der Waals surface area (Å²) in [5.74, 6) is 1.20. The summed E-state index contributed by atoms with van der Waals surface area (Å²) >= 11 is 0. The molecule has 0 unspecified atom stereocenters. The Labute approximate surface area is 123 Å². The highest BCUT2D eigenvalue weighted by Crippen LogP contribution is 2.29. The van der Waals surface area contributed by atoms with Crippen molar-refractivity contribution in [3.05, 3.63) is 63.7 Å². The van der Waals surface area contributed by atoms with Crippen molar-refractivity contribution < 1.29 is 14.8 Å². The third-order valence-corrected chi connectivity index (χ3v) is 3.25. The van der Waals surface area contributed by atoms with Crippen LogP contribution in [0.25, 0.3) is 0 Å². The molecule has 1 N–H and O–H groups in total. The van der Waals surface area contributed by atoms with Crippen molar-refractivity contribution in [3.8, 4) is 11.5 Å². The number of nitro benzene ring substituents is 1. The highest BCUT2D eigenvalue weighted by molar-refractivity contribution is 5.45. The van der Waals surface area contributed by atoms with E-state index in [4.69, 9.17) is 4.74 Å². The van der Waals surface area contributed by atoms with Crippen LogP contribution in [-0.2, 0) is 0 Å². The van der Waals surface area contributed by atoms with E-state index in [0.717, 1.165) is 5.56 Å². The van der Waals surface area contributed by atoms with Gasteiger partial charge in [-0.1, -0.05) is 19.1 Å². The fraction of sp³-hybridized carbons (Fsp3) is 0.250. The molecule has 0 saturated heterocycles. The van der Waals surface area contributed by atoms with Crippen LogP contribution in [0.2, 0.25) is 0 Å². The van der Waals surface area contributed by atoms with Gasteiger partial charge in [0.1, 0.15) is 11.5 Å². The summed E-state index contributed by atoms with van der Waals surface area (Å²) in [6.45, 7) is 3.67. The zero-order valence-corrected chi connectivity index (χ0v) is 11.9. The number of aliphatic hydroxyl groups is 1. The lowest BCUT2D eigenvalue weighted by atomic mass is 10.1. The fourth-order valence-electron chi connectivity index (χ4n) is 1.98. The summed E-state index contributed by atoms with van der Waals surface area (Å²) in [7, 11) is 0. The molecule has 0 aliphatic heterocycles. The smallest absolute Gasteiger partial charge is 0.269 e. The number of nitro groups is 1. The summed E-state index contributed by atoms with van der Waals surface area (Å²) in [4.78, 5) is 10.3. The average molecular weight is 287 g/mol. The molecule has 2 aromatic carbocycles. The summed E-state index contributed by atoms with van der Waals surface area (Å²) in [5.41, 5.74) is 1.58. The van der Waals surface area contributed by atoms with Crippen LogP contribution in [0.5, 0.6) is 11.5 Å². The zero-order valence-electron chi connectivity index (χ0n) is 11.9. The standard InChI is InChI=1S/C16H17NO4/c1-3-15(18)12-4-7-14(8-5-12)21-16-9-6-13(17(19)20)10-11(16)2/h4-10,15,18H,3H2,1-2H3/t15-/m0/s1. The van der Waals surface area contributed by atoms with Crippen LogP contribution < -0.4 is 4.74 Å². The van der Waals surface area contributed by atoms with Crippen molar-refractivity contribution in [1.29, 1.82) is 0 Å². The number of aryl methyl sites for hydroxylation is 1. The molecule has 21 heavy (non-hydrogen) atoms. The third-order valence-electron chi connectivity index (χ3n) is 3.25. The van der Waals surface area contributed by atoms with Gasteiger partial charge in [0.05, 0.1) is 11.0 Å². The van der Waals surface area contributed by atoms with Gasteiger partial charge in [0.2, 0.25) is 0 Å². The topological polar surface area (TPSA) is 72.6 Å². The molecule has 0 spiro atoms. The van der Waals surface area contributed by atoms with Gasteiger partial charge in [-0.3, -0.25) is 10.1 Å². The van der Waals surface area contributed by atoms with E-state index >= 15 is 0 Å². The minimum absolute atomic E-state index is 0.0428. The Morgan fingerprint density at radius 1 is 1.24 bits per heavy atom. The van der Waals surface area contributed by atoms with Gasteiger partial charge in [0.15, 0.2) is 0 Å². The Balaban J connectivity index is 2.16. The number of hydrogen-bond donors (Lipinski definition) is 1. The average Bonchev–Trinajstić information content (AvgIpc) is 2.49. The molecule has 0 fully saturated rings. The first-order chi connectivity index (χ1) is 10.0. The predicted molar refractivity (Wildman–Crippen MR) is 79.6 cm³/mol. The van der Waals surface area contributed by atoms with Crippen LogP contribution in [0, 0.1) is 17.0 Å². The van der Waals surface area contributed by atoms with Crippen molar-refractivity contribution in [2.24, 2.45) is 0 Å². The van der Waals surface area contributed by atoms with Gasteiger partial charge < -0.3 is 9.84 Å². The molecular weight excluding hydrogens is 270 g/mol. The van der Waals surface area contributed by atoms with E-state index in [2.05, 4.69) is 0 Å². The first kappa shape index (κ1) is 15.0. The molecule has 0 heterocycles. The molecule has 0 saturated carbocycles. The second kappa shape index (κ2) is 6.37. The van der Waals surface area contributed by atoms with Gasteiger partial charge >= 0.3 is 0 Å². The number of aliphatic hydroxyl groups excluding tert-OH is 1. The molecular formula is C16H17NO4. The summed E-state index contributed by atoms with van der Waals surface area (Å²) in [6, 6.07) is 11.6. The number of ether oxygens (including phenoxy) is 1. The number of non-ortho nitro benzene ring substituents is 1.